The fourth-order valence-corrected chi connectivity index (χ4v) is 4.85. The Morgan fingerprint density at radius 1 is 1.28 bits per heavy atom. The summed E-state index contributed by atoms with van der Waals surface area (Å²) in [7, 11) is 0.162. The molecule has 1 saturated heterocycles. The minimum absolute atomic E-state index is 0.113. The van der Waals surface area contributed by atoms with Crippen LogP contribution in [0.2, 0.25) is 0 Å². The molecule has 0 aromatic rings. The normalized spacial score (nSPS) is 52.8. The van der Waals surface area contributed by atoms with E-state index in [0.717, 1.165) is 19.3 Å². The van der Waals surface area contributed by atoms with Crippen molar-refractivity contribution in [2.24, 2.45) is 5.92 Å². The van der Waals surface area contributed by atoms with Crippen molar-refractivity contribution < 1.29 is 23.1 Å². The van der Waals surface area contributed by atoms with Gasteiger partial charge in [0.2, 0.25) is 0 Å². The van der Waals surface area contributed by atoms with Crippen molar-refractivity contribution in [1.82, 2.24) is 0 Å². The van der Waals surface area contributed by atoms with Crippen LogP contribution in [0, 0.1) is 5.92 Å². The molecular formula is C12H21O5P. The van der Waals surface area contributed by atoms with Gasteiger partial charge in [-0.25, -0.2) is 0 Å². The average Bonchev–Trinajstić information content (AvgIpc) is 2.74. The lowest BCUT2D eigenvalue weighted by molar-refractivity contribution is -0.103. The van der Waals surface area contributed by atoms with Crippen molar-refractivity contribution in [2.75, 3.05) is 20.9 Å². The largest absolute Gasteiger partial charge is 0.375 e. The monoisotopic (exact) mass is 276 g/mol. The van der Waals surface area contributed by atoms with E-state index in [1.54, 1.807) is 7.11 Å². The molecule has 6 heteroatoms. The minimum atomic E-state index is -2.99. The van der Waals surface area contributed by atoms with E-state index < -0.39 is 13.2 Å². The maximum atomic E-state index is 12.1. The number of fused-ring (bicyclic) bond motifs is 3. The molecule has 18 heavy (non-hydrogen) atoms. The van der Waals surface area contributed by atoms with Crippen LogP contribution in [0.25, 0.3) is 0 Å². The first-order chi connectivity index (χ1) is 8.37. The van der Waals surface area contributed by atoms with Crippen molar-refractivity contribution in [2.45, 2.75) is 49.6 Å². The summed E-state index contributed by atoms with van der Waals surface area (Å²) in [6.07, 6.45) is 2.77. The van der Waals surface area contributed by atoms with Crippen LogP contribution in [0.3, 0.4) is 0 Å². The molecule has 3 rings (SSSR count). The highest BCUT2D eigenvalue weighted by atomic mass is 31.2. The van der Waals surface area contributed by atoms with Gasteiger partial charge >= 0.3 is 7.60 Å². The number of hydrogen-bond acceptors (Lipinski definition) is 5. The molecule has 2 aliphatic carbocycles. The van der Waals surface area contributed by atoms with E-state index in [2.05, 4.69) is 0 Å². The first-order valence-corrected chi connectivity index (χ1v) is 8.41. The van der Waals surface area contributed by atoms with Crippen molar-refractivity contribution >= 4 is 7.60 Å². The standard InChI is InChI=1S/C12H21O5P/c1-8-5-11(14-2)6-9-7-12(9,10(11)16-8)17-18(4,13)15-3/h8-10H,5-7H2,1-4H3/t8-,9?,10?,11+,12+,18?/m0/s1. The first-order valence-electron chi connectivity index (χ1n) is 6.42. The van der Waals surface area contributed by atoms with Gasteiger partial charge in [-0.05, 0) is 25.7 Å². The maximum Gasteiger partial charge on any atom is 0.328 e. The summed E-state index contributed by atoms with van der Waals surface area (Å²) in [6, 6.07) is 0. The molecule has 104 valence electrons. The van der Waals surface area contributed by atoms with Crippen LogP contribution in [-0.2, 0) is 23.1 Å². The molecule has 3 aliphatic rings. The molecule has 3 unspecified atom stereocenters. The van der Waals surface area contributed by atoms with Crippen molar-refractivity contribution in [3.63, 3.8) is 0 Å². The van der Waals surface area contributed by atoms with Crippen LogP contribution in [0.15, 0.2) is 0 Å². The third-order valence-electron chi connectivity index (χ3n) is 4.69. The first kappa shape index (κ1) is 13.1. The van der Waals surface area contributed by atoms with Gasteiger partial charge in [-0.15, -0.1) is 0 Å². The Kier molecular flexibility index (Phi) is 2.76. The van der Waals surface area contributed by atoms with Gasteiger partial charge in [0.1, 0.15) is 11.7 Å². The maximum absolute atomic E-state index is 12.1. The van der Waals surface area contributed by atoms with E-state index in [1.165, 1.54) is 13.8 Å². The van der Waals surface area contributed by atoms with Gasteiger partial charge in [0.15, 0.2) is 0 Å². The van der Waals surface area contributed by atoms with Gasteiger partial charge in [0.05, 0.1) is 11.7 Å². The molecule has 0 aromatic heterocycles. The number of methoxy groups -OCH3 is 1. The summed E-state index contributed by atoms with van der Waals surface area (Å²) in [6.45, 7) is 3.56. The molecule has 5 nitrogen and oxygen atoms in total. The number of ether oxygens (including phenoxy) is 2. The predicted molar refractivity (Wildman–Crippen MR) is 65.8 cm³/mol. The number of hydrogen-bond donors (Lipinski definition) is 0. The lowest BCUT2D eigenvalue weighted by atomic mass is 9.91. The highest BCUT2D eigenvalue weighted by Gasteiger charge is 2.77. The van der Waals surface area contributed by atoms with E-state index in [9.17, 15) is 4.57 Å². The zero-order valence-corrected chi connectivity index (χ0v) is 12.2. The molecule has 3 fully saturated rings. The van der Waals surface area contributed by atoms with Gasteiger partial charge in [-0.2, -0.15) is 0 Å². The van der Waals surface area contributed by atoms with E-state index in [-0.39, 0.29) is 17.8 Å². The van der Waals surface area contributed by atoms with Crippen molar-refractivity contribution in [3.8, 4) is 0 Å². The minimum Gasteiger partial charge on any atom is -0.375 e. The van der Waals surface area contributed by atoms with Crippen molar-refractivity contribution in [3.05, 3.63) is 0 Å². The highest BCUT2D eigenvalue weighted by Crippen LogP contribution is 2.71. The quantitative estimate of drug-likeness (QED) is 0.737. The van der Waals surface area contributed by atoms with Crippen LogP contribution in [0.4, 0.5) is 0 Å². The molecule has 1 heterocycles. The molecule has 0 radical (unpaired) electrons. The van der Waals surface area contributed by atoms with E-state index in [1.807, 2.05) is 6.92 Å². The second-order valence-corrected chi connectivity index (χ2v) is 8.00. The Hall–Kier alpha value is 0.0700. The summed E-state index contributed by atoms with van der Waals surface area (Å²) >= 11 is 0. The van der Waals surface area contributed by atoms with Crippen LogP contribution in [0.1, 0.15) is 26.2 Å². The molecule has 0 aromatic carbocycles. The fraction of sp³-hybridized carbons (Fsp3) is 1.00. The predicted octanol–water partition coefficient (Wildman–Crippen LogP) is 2.20. The van der Waals surface area contributed by atoms with Gasteiger partial charge in [0.25, 0.3) is 0 Å². The van der Waals surface area contributed by atoms with E-state index in [0.29, 0.717) is 5.92 Å². The smallest absolute Gasteiger partial charge is 0.328 e. The van der Waals surface area contributed by atoms with Gasteiger partial charge in [-0.3, -0.25) is 9.09 Å². The fourth-order valence-electron chi connectivity index (χ4n) is 3.84. The van der Waals surface area contributed by atoms with Gasteiger partial charge in [0, 0.05) is 27.3 Å². The van der Waals surface area contributed by atoms with Gasteiger partial charge in [-0.1, -0.05) is 0 Å². The number of rotatable bonds is 4. The Morgan fingerprint density at radius 3 is 2.61 bits per heavy atom. The molecule has 0 N–H and O–H groups in total. The Balaban J connectivity index is 1.86. The molecule has 0 spiro atoms. The highest BCUT2D eigenvalue weighted by molar-refractivity contribution is 7.53. The van der Waals surface area contributed by atoms with E-state index in [4.69, 9.17) is 18.5 Å². The van der Waals surface area contributed by atoms with E-state index >= 15 is 0 Å². The molecular weight excluding hydrogens is 255 g/mol. The van der Waals surface area contributed by atoms with Crippen LogP contribution in [0.5, 0.6) is 0 Å². The second kappa shape index (κ2) is 3.80. The lowest BCUT2D eigenvalue weighted by Gasteiger charge is -2.32. The zero-order chi connectivity index (χ0) is 13.2. The SMILES string of the molecule is CO[C@]12CC3C[C@]3(OP(C)(=O)OC)C1O[C@@H](C)C2. The van der Waals surface area contributed by atoms with Crippen molar-refractivity contribution in [1.29, 1.82) is 0 Å². The van der Waals surface area contributed by atoms with Crippen LogP contribution in [-0.4, -0.2) is 44.3 Å². The Morgan fingerprint density at radius 2 is 2.00 bits per heavy atom. The summed E-state index contributed by atoms with van der Waals surface area (Å²) in [5, 5.41) is 0. The summed E-state index contributed by atoms with van der Waals surface area (Å²) in [5.41, 5.74) is -0.697. The average molecular weight is 276 g/mol. The molecule has 2 saturated carbocycles. The Bertz CT molecular complexity index is 413. The third-order valence-corrected chi connectivity index (χ3v) is 6.02. The van der Waals surface area contributed by atoms with Crippen LogP contribution < -0.4 is 0 Å². The third kappa shape index (κ3) is 1.65. The zero-order valence-electron chi connectivity index (χ0n) is 11.3. The lowest BCUT2D eigenvalue weighted by Crippen LogP contribution is -2.44. The molecule has 6 atom stereocenters. The van der Waals surface area contributed by atoms with Crippen LogP contribution >= 0.6 is 7.60 Å². The molecule has 0 amide bonds. The topological polar surface area (TPSA) is 54.0 Å². The summed E-state index contributed by atoms with van der Waals surface area (Å²) in [4.78, 5) is 0. The molecule has 1 aliphatic heterocycles. The summed E-state index contributed by atoms with van der Waals surface area (Å²) in [5.74, 6) is 0.387. The van der Waals surface area contributed by atoms with Gasteiger partial charge < -0.3 is 14.0 Å². The Labute approximate surface area is 108 Å². The summed E-state index contributed by atoms with van der Waals surface area (Å²) < 4.78 is 34.6. The second-order valence-electron chi connectivity index (χ2n) is 5.91. The molecule has 0 bridgehead atoms.